The first-order chi connectivity index (χ1) is 8.34. The molecule has 0 saturated heterocycles. The van der Waals surface area contributed by atoms with Crippen LogP contribution in [0.5, 0.6) is 5.75 Å². The summed E-state index contributed by atoms with van der Waals surface area (Å²) in [6.45, 7) is 0. The summed E-state index contributed by atoms with van der Waals surface area (Å²) >= 11 is 30.7. The number of benzene rings is 1. The molecule has 0 aromatic heterocycles. The molecule has 0 saturated carbocycles. The van der Waals surface area contributed by atoms with Crippen molar-refractivity contribution in [3.63, 3.8) is 0 Å². The standard InChI is InChI=1S/C12H7Cl5O/c13-8-5-9(14)12(16,17)10(11(8)15)6-1-3-7(18)4-2-6/h1-5,9,18H. The highest BCUT2D eigenvalue weighted by atomic mass is 35.5. The fourth-order valence-corrected chi connectivity index (χ4v) is 3.13. The Balaban J connectivity index is 2.61. The second-order valence-electron chi connectivity index (χ2n) is 3.78. The van der Waals surface area contributed by atoms with Crippen molar-refractivity contribution < 1.29 is 5.11 Å². The molecule has 0 bridgehead atoms. The summed E-state index contributed by atoms with van der Waals surface area (Å²) in [6, 6.07) is 6.30. The molecule has 1 nitrogen and oxygen atoms in total. The number of hydrogen-bond donors (Lipinski definition) is 1. The molecule has 0 radical (unpaired) electrons. The zero-order valence-electron chi connectivity index (χ0n) is 8.80. The molecular weight excluding hydrogens is 337 g/mol. The van der Waals surface area contributed by atoms with Crippen LogP contribution in [0.15, 0.2) is 40.4 Å². The van der Waals surface area contributed by atoms with Crippen LogP contribution >= 0.6 is 58.0 Å². The van der Waals surface area contributed by atoms with E-state index in [4.69, 9.17) is 58.0 Å². The van der Waals surface area contributed by atoms with Crippen molar-refractivity contribution in [1.82, 2.24) is 0 Å². The van der Waals surface area contributed by atoms with Crippen LogP contribution in [0.25, 0.3) is 5.57 Å². The Morgan fingerprint density at radius 2 is 1.61 bits per heavy atom. The Hall–Kier alpha value is -0.0500. The molecule has 0 aliphatic heterocycles. The van der Waals surface area contributed by atoms with Gasteiger partial charge in [-0.05, 0) is 23.8 Å². The molecule has 1 aromatic rings. The van der Waals surface area contributed by atoms with E-state index in [-0.39, 0.29) is 10.8 Å². The second kappa shape index (κ2) is 5.15. The molecule has 0 heterocycles. The van der Waals surface area contributed by atoms with Gasteiger partial charge in [0.2, 0.25) is 0 Å². The van der Waals surface area contributed by atoms with E-state index in [2.05, 4.69) is 0 Å². The number of halogens is 5. The van der Waals surface area contributed by atoms with E-state index in [1.807, 2.05) is 0 Å². The Bertz CT molecular complexity index is 530. The van der Waals surface area contributed by atoms with Crippen molar-refractivity contribution in [3.05, 3.63) is 46.0 Å². The normalized spacial score (nSPS) is 22.9. The summed E-state index contributed by atoms with van der Waals surface area (Å²) < 4.78 is -1.38. The largest absolute Gasteiger partial charge is 0.508 e. The summed E-state index contributed by atoms with van der Waals surface area (Å²) in [6.07, 6.45) is 1.50. The fraction of sp³-hybridized carbons (Fsp3) is 0.167. The number of allylic oxidation sites excluding steroid dienone is 4. The summed E-state index contributed by atoms with van der Waals surface area (Å²) in [5.74, 6) is 0.130. The van der Waals surface area contributed by atoms with Crippen LogP contribution in [0.4, 0.5) is 0 Å². The average Bonchev–Trinajstić information content (AvgIpc) is 2.29. The van der Waals surface area contributed by atoms with E-state index < -0.39 is 9.71 Å². The van der Waals surface area contributed by atoms with Crippen molar-refractivity contribution in [2.75, 3.05) is 0 Å². The molecule has 2 rings (SSSR count). The van der Waals surface area contributed by atoms with Crippen LogP contribution < -0.4 is 0 Å². The maximum atomic E-state index is 9.28. The molecule has 0 spiro atoms. The van der Waals surface area contributed by atoms with E-state index in [0.717, 1.165) is 0 Å². The molecule has 0 fully saturated rings. The smallest absolute Gasteiger partial charge is 0.164 e. The van der Waals surface area contributed by atoms with Gasteiger partial charge in [-0.1, -0.05) is 58.5 Å². The number of phenolic OH excluding ortho intramolecular Hbond substituents is 1. The first-order valence-corrected chi connectivity index (χ1v) is 6.88. The van der Waals surface area contributed by atoms with Gasteiger partial charge in [0.1, 0.15) is 5.75 Å². The lowest BCUT2D eigenvalue weighted by molar-refractivity contribution is 0.475. The van der Waals surface area contributed by atoms with Crippen LogP contribution in [-0.2, 0) is 0 Å². The van der Waals surface area contributed by atoms with Crippen molar-refractivity contribution in [2.45, 2.75) is 9.71 Å². The summed E-state index contributed by atoms with van der Waals surface area (Å²) in [5.41, 5.74) is 1.08. The highest BCUT2D eigenvalue weighted by Gasteiger charge is 2.42. The van der Waals surface area contributed by atoms with Gasteiger partial charge in [-0.15, -0.1) is 11.6 Å². The van der Waals surface area contributed by atoms with Gasteiger partial charge < -0.3 is 5.11 Å². The van der Waals surface area contributed by atoms with Gasteiger partial charge in [0, 0.05) is 5.57 Å². The molecule has 1 atom stereocenters. The number of alkyl halides is 3. The van der Waals surface area contributed by atoms with Gasteiger partial charge in [-0.25, -0.2) is 0 Å². The van der Waals surface area contributed by atoms with Gasteiger partial charge >= 0.3 is 0 Å². The van der Waals surface area contributed by atoms with Crippen LogP contribution in [0.1, 0.15) is 5.56 Å². The minimum Gasteiger partial charge on any atom is -0.508 e. The monoisotopic (exact) mass is 342 g/mol. The topological polar surface area (TPSA) is 20.2 Å². The van der Waals surface area contributed by atoms with Crippen LogP contribution in [0, 0.1) is 0 Å². The molecule has 18 heavy (non-hydrogen) atoms. The molecule has 1 N–H and O–H groups in total. The van der Waals surface area contributed by atoms with Gasteiger partial charge in [0.25, 0.3) is 0 Å². The van der Waals surface area contributed by atoms with E-state index >= 15 is 0 Å². The Morgan fingerprint density at radius 1 is 1.06 bits per heavy atom. The van der Waals surface area contributed by atoms with Crippen LogP contribution in [0.2, 0.25) is 0 Å². The molecule has 1 aromatic carbocycles. The molecule has 96 valence electrons. The first kappa shape index (κ1) is 14.4. The molecule has 1 aliphatic carbocycles. The third-order valence-electron chi connectivity index (χ3n) is 2.56. The number of rotatable bonds is 1. The zero-order valence-corrected chi connectivity index (χ0v) is 12.6. The molecule has 0 amide bonds. The lowest BCUT2D eigenvalue weighted by atomic mass is 9.95. The zero-order chi connectivity index (χ0) is 13.5. The highest BCUT2D eigenvalue weighted by molar-refractivity contribution is 6.61. The summed E-state index contributed by atoms with van der Waals surface area (Å²) in [7, 11) is 0. The number of aromatic hydroxyl groups is 1. The third kappa shape index (κ3) is 2.48. The van der Waals surface area contributed by atoms with Crippen molar-refractivity contribution in [2.24, 2.45) is 0 Å². The molecule has 6 heteroatoms. The molecular formula is C12H7Cl5O. The second-order valence-corrected chi connectivity index (χ2v) is 6.42. The molecule has 1 aliphatic rings. The van der Waals surface area contributed by atoms with Crippen molar-refractivity contribution >= 4 is 63.6 Å². The van der Waals surface area contributed by atoms with Crippen molar-refractivity contribution in [1.29, 1.82) is 0 Å². The van der Waals surface area contributed by atoms with Crippen LogP contribution in [0.3, 0.4) is 0 Å². The van der Waals surface area contributed by atoms with E-state index in [1.165, 1.54) is 18.2 Å². The highest BCUT2D eigenvalue weighted by Crippen LogP contribution is 2.50. The Labute approximate surface area is 130 Å². The lowest BCUT2D eigenvalue weighted by Crippen LogP contribution is -2.30. The maximum absolute atomic E-state index is 9.28. The summed E-state index contributed by atoms with van der Waals surface area (Å²) in [4.78, 5) is 0. The maximum Gasteiger partial charge on any atom is 0.164 e. The van der Waals surface area contributed by atoms with E-state index in [9.17, 15) is 5.11 Å². The predicted octanol–water partition coefficient (Wildman–Crippen LogP) is 5.26. The molecule has 1 unspecified atom stereocenters. The number of phenols is 1. The SMILES string of the molecule is Oc1ccc(C2=C(Cl)C(Cl)=CC(Cl)C2(Cl)Cl)cc1. The van der Waals surface area contributed by atoms with Gasteiger partial charge in [-0.2, -0.15) is 0 Å². The minimum absolute atomic E-state index is 0.130. The fourth-order valence-electron chi connectivity index (χ4n) is 1.66. The van der Waals surface area contributed by atoms with E-state index in [1.54, 1.807) is 12.1 Å². The Kier molecular flexibility index (Phi) is 4.10. The summed E-state index contributed by atoms with van der Waals surface area (Å²) in [5, 5.41) is 9.14. The minimum atomic E-state index is -1.38. The predicted molar refractivity (Wildman–Crippen MR) is 78.9 cm³/mol. The quantitative estimate of drug-likeness (QED) is 0.689. The average molecular weight is 344 g/mol. The van der Waals surface area contributed by atoms with Crippen LogP contribution in [-0.4, -0.2) is 14.8 Å². The number of hydrogen-bond acceptors (Lipinski definition) is 1. The van der Waals surface area contributed by atoms with Gasteiger partial charge in [-0.3, -0.25) is 0 Å². The van der Waals surface area contributed by atoms with Gasteiger partial charge in [0.15, 0.2) is 4.33 Å². The van der Waals surface area contributed by atoms with Crippen molar-refractivity contribution in [3.8, 4) is 5.75 Å². The first-order valence-electron chi connectivity index (χ1n) is 4.93. The lowest BCUT2D eigenvalue weighted by Gasteiger charge is -2.31. The Morgan fingerprint density at radius 3 is 2.17 bits per heavy atom. The van der Waals surface area contributed by atoms with E-state index in [0.29, 0.717) is 16.2 Å². The van der Waals surface area contributed by atoms with Gasteiger partial charge in [0.05, 0.1) is 15.4 Å². The third-order valence-corrected chi connectivity index (χ3v) is 4.89.